The molecule has 100 valence electrons. The molecule has 0 aromatic heterocycles. The van der Waals surface area contributed by atoms with Crippen LogP contribution in [0.1, 0.15) is 19.4 Å². The zero-order valence-corrected chi connectivity index (χ0v) is 12.9. The van der Waals surface area contributed by atoms with Crippen LogP contribution in [0.25, 0.3) is 0 Å². The van der Waals surface area contributed by atoms with Crippen molar-refractivity contribution in [2.45, 2.75) is 19.4 Å². The second kappa shape index (κ2) is 3.69. The van der Waals surface area contributed by atoms with Gasteiger partial charge in [0.1, 0.15) is 0 Å². The van der Waals surface area contributed by atoms with Crippen LogP contribution in [0.4, 0.5) is 0 Å². The first-order valence-electron chi connectivity index (χ1n) is 6.72. The van der Waals surface area contributed by atoms with Crippen molar-refractivity contribution in [2.75, 3.05) is 13.3 Å². The van der Waals surface area contributed by atoms with Crippen LogP contribution in [-0.4, -0.2) is 13.3 Å². The Kier molecular flexibility index (Phi) is 2.49. The van der Waals surface area contributed by atoms with E-state index in [0.29, 0.717) is 0 Å². The average Bonchev–Trinajstić information content (AvgIpc) is 2.56. The molecule has 1 aliphatic rings. The Morgan fingerprint density at radius 2 is 1.42 bits per heavy atom. The molecule has 0 atom stereocenters. The fourth-order valence-electron chi connectivity index (χ4n) is 3.39. The van der Waals surface area contributed by atoms with Gasteiger partial charge in [0.25, 0.3) is 0 Å². The normalized spacial score (nSPS) is 24.1. The van der Waals surface area contributed by atoms with Gasteiger partial charge < -0.3 is 0 Å². The summed E-state index contributed by atoms with van der Waals surface area (Å²) in [5, 5.41) is 2.72. The summed E-state index contributed by atoms with van der Waals surface area (Å²) in [6, 6.07) is 19.4. The Balaban J connectivity index is 2.33. The maximum absolute atomic E-state index is 6.71. The van der Waals surface area contributed by atoms with E-state index in [1.807, 2.05) is 0 Å². The van der Waals surface area contributed by atoms with Crippen LogP contribution in [0.2, 0.25) is 0 Å². The minimum absolute atomic E-state index is 0.215. The third-order valence-corrected chi connectivity index (χ3v) is 8.86. The number of benzene rings is 2. The fourth-order valence-corrected chi connectivity index (χ4v) is 7.94. The van der Waals surface area contributed by atoms with E-state index < -0.39 is 6.83 Å². The molecule has 3 rings (SSSR count). The average molecular weight is 272 g/mol. The molecule has 0 saturated carbocycles. The summed E-state index contributed by atoms with van der Waals surface area (Å²) in [6.07, 6.45) is 0. The van der Waals surface area contributed by atoms with Crippen molar-refractivity contribution in [3.8, 4) is 0 Å². The van der Waals surface area contributed by atoms with Crippen molar-refractivity contribution in [3.63, 3.8) is 0 Å². The van der Waals surface area contributed by atoms with Gasteiger partial charge in [-0.3, -0.25) is 0 Å². The second-order valence-electron chi connectivity index (χ2n) is 6.46. The zero-order chi connectivity index (χ0) is 13.8. The van der Waals surface area contributed by atoms with Crippen molar-refractivity contribution in [3.05, 3.63) is 60.2 Å². The molecule has 2 heteroatoms. The van der Waals surface area contributed by atoms with Crippen LogP contribution in [0.5, 0.6) is 0 Å². The first-order chi connectivity index (χ1) is 8.84. The number of rotatable bonds is 1. The van der Waals surface area contributed by atoms with Crippen LogP contribution in [0.3, 0.4) is 0 Å². The summed E-state index contributed by atoms with van der Waals surface area (Å²) in [5.74, 6) is 0. The Labute approximate surface area is 115 Å². The Bertz CT molecular complexity index is 629. The summed E-state index contributed by atoms with van der Waals surface area (Å²) in [4.78, 5) is 0. The second-order valence-corrected chi connectivity index (χ2v) is 11.6. The summed E-state index contributed by atoms with van der Waals surface area (Å²) < 4.78 is 6.71. The molecule has 0 bridgehead atoms. The van der Waals surface area contributed by atoms with E-state index in [2.05, 4.69) is 81.8 Å². The first-order valence-corrected chi connectivity index (χ1v) is 9.76. The van der Waals surface area contributed by atoms with E-state index in [1.54, 1.807) is 0 Å². The molecule has 1 nitrogen and oxygen atoms in total. The molecule has 2 aromatic rings. The molecule has 0 saturated heterocycles. The summed E-state index contributed by atoms with van der Waals surface area (Å²) in [5.41, 5.74) is 1.12. The molecular formula is C17H21OP. The van der Waals surface area contributed by atoms with Gasteiger partial charge in [-0.1, -0.05) is 0 Å². The molecule has 0 fully saturated rings. The van der Waals surface area contributed by atoms with Gasteiger partial charge >= 0.3 is 115 Å². The molecule has 0 unspecified atom stereocenters. The van der Waals surface area contributed by atoms with Crippen LogP contribution < -0.4 is 10.6 Å². The summed E-state index contributed by atoms with van der Waals surface area (Å²) in [6.45, 7) is 6.47. The Morgan fingerprint density at radius 3 is 2.11 bits per heavy atom. The molecule has 0 amide bonds. The van der Waals surface area contributed by atoms with Gasteiger partial charge in [-0.15, -0.1) is 0 Å². The van der Waals surface area contributed by atoms with E-state index in [9.17, 15) is 0 Å². The predicted octanol–water partition coefficient (Wildman–Crippen LogP) is 3.63. The molecule has 19 heavy (non-hydrogen) atoms. The molecule has 1 heterocycles. The molecule has 0 spiro atoms. The van der Waals surface area contributed by atoms with Crippen molar-refractivity contribution < 1.29 is 4.52 Å². The quantitative estimate of drug-likeness (QED) is 0.720. The van der Waals surface area contributed by atoms with E-state index in [1.165, 1.54) is 16.2 Å². The van der Waals surface area contributed by atoms with Gasteiger partial charge in [0.05, 0.1) is 0 Å². The molecule has 0 N–H and O–H groups in total. The van der Waals surface area contributed by atoms with Crippen molar-refractivity contribution in [1.29, 1.82) is 0 Å². The summed E-state index contributed by atoms with van der Waals surface area (Å²) >= 11 is 0. The van der Waals surface area contributed by atoms with Gasteiger partial charge in [-0.25, -0.2) is 0 Å². The van der Waals surface area contributed by atoms with E-state index in [-0.39, 0.29) is 5.60 Å². The predicted molar refractivity (Wildman–Crippen MR) is 85.0 cm³/mol. The SMILES string of the molecule is CC1(C)OP(C)(C)(c2ccccc2)c2ccccc21. The van der Waals surface area contributed by atoms with E-state index >= 15 is 0 Å². The molecule has 2 aromatic carbocycles. The van der Waals surface area contributed by atoms with Crippen LogP contribution in [0, 0.1) is 0 Å². The van der Waals surface area contributed by atoms with Gasteiger partial charge in [-0.05, 0) is 0 Å². The number of hydrogen-bond acceptors (Lipinski definition) is 1. The van der Waals surface area contributed by atoms with Gasteiger partial charge in [0.15, 0.2) is 0 Å². The topological polar surface area (TPSA) is 9.23 Å². The standard InChI is InChI=1S/C17H21OP/c1-17(2)15-12-8-9-13-16(15)19(3,4,18-17)14-10-6-5-7-11-14/h5-13H,1-4H3. The Morgan fingerprint density at radius 1 is 0.842 bits per heavy atom. The van der Waals surface area contributed by atoms with Crippen molar-refractivity contribution in [2.24, 2.45) is 0 Å². The zero-order valence-electron chi connectivity index (χ0n) is 12.1. The van der Waals surface area contributed by atoms with Crippen LogP contribution >= 0.6 is 6.83 Å². The third-order valence-electron chi connectivity index (χ3n) is 4.26. The molecule has 0 aliphatic carbocycles. The van der Waals surface area contributed by atoms with Gasteiger partial charge in [0, 0.05) is 0 Å². The van der Waals surface area contributed by atoms with Crippen molar-refractivity contribution >= 4 is 17.4 Å². The third kappa shape index (κ3) is 1.69. The molecular weight excluding hydrogens is 251 g/mol. The number of fused-ring (bicyclic) bond motifs is 1. The van der Waals surface area contributed by atoms with Gasteiger partial charge in [-0.2, -0.15) is 0 Å². The van der Waals surface area contributed by atoms with Crippen molar-refractivity contribution in [1.82, 2.24) is 0 Å². The monoisotopic (exact) mass is 272 g/mol. The van der Waals surface area contributed by atoms with Crippen LogP contribution in [-0.2, 0) is 10.1 Å². The van der Waals surface area contributed by atoms with Gasteiger partial charge in [0.2, 0.25) is 0 Å². The fraction of sp³-hybridized carbons (Fsp3) is 0.294. The number of hydrogen-bond donors (Lipinski definition) is 0. The first kappa shape index (κ1) is 12.8. The minimum atomic E-state index is -2.51. The molecule has 0 radical (unpaired) electrons. The maximum atomic E-state index is 6.71. The Hall–Kier alpha value is -1.17. The molecule has 1 aliphatic heterocycles. The summed E-state index contributed by atoms with van der Waals surface area (Å²) in [7, 11) is 0. The van der Waals surface area contributed by atoms with Crippen LogP contribution in [0.15, 0.2) is 54.6 Å². The van der Waals surface area contributed by atoms with E-state index in [4.69, 9.17) is 4.52 Å². The van der Waals surface area contributed by atoms with E-state index in [0.717, 1.165) is 0 Å².